The number of carbonyl (C=O) groups is 1. The van der Waals surface area contributed by atoms with E-state index in [1.165, 1.54) is 30.4 Å². The lowest BCUT2D eigenvalue weighted by Gasteiger charge is -2.07. The second-order valence-electron chi connectivity index (χ2n) is 5.03. The average Bonchev–Trinajstić information content (AvgIpc) is 2.73. The predicted octanol–water partition coefficient (Wildman–Crippen LogP) is 2.71. The van der Waals surface area contributed by atoms with Crippen molar-refractivity contribution in [2.45, 2.75) is 45.6 Å². The van der Waals surface area contributed by atoms with Crippen LogP contribution < -0.4 is 0 Å². The first-order valence-corrected chi connectivity index (χ1v) is 6.39. The smallest absolute Gasteiger partial charge is 0.162 e. The Morgan fingerprint density at radius 2 is 2.06 bits per heavy atom. The molecule has 0 fully saturated rings. The first-order valence-electron chi connectivity index (χ1n) is 6.39. The average molecular weight is 232 g/mol. The Morgan fingerprint density at radius 3 is 2.82 bits per heavy atom. The molecule has 92 valence electrons. The van der Waals surface area contributed by atoms with Gasteiger partial charge in [-0.15, -0.1) is 0 Å². The zero-order valence-corrected chi connectivity index (χ0v) is 10.7. The molecule has 0 bridgehead atoms. The largest absolute Gasteiger partial charge is 0.371 e. The number of aryl methyl sites for hydroxylation is 2. The summed E-state index contributed by atoms with van der Waals surface area (Å²) in [4.78, 5) is 11.7. The molecule has 17 heavy (non-hydrogen) atoms. The van der Waals surface area contributed by atoms with Crippen LogP contribution in [0.1, 0.15) is 37.0 Å². The lowest BCUT2D eigenvalue weighted by Crippen LogP contribution is -2.15. The minimum Gasteiger partial charge on any atom is -0.371 e. The van der Waals surface area contributed by atoms with Crippen molar-refractivity contribution < 1.29 is 9.53 Å². The fraction of sp³-hybridized carbons (Fsp3) is 0.533. The molecular weight excluding hydrogens is 212 g/mol. The summed E-state index contributed by atoms with van der Waals surface area (Å²) in [5.74, 6) is 0.164. The third kappa shape index (κ3) is 3.40. The van der Waals surface area contributed by atoms with E-state index in [1.807, 2.05) is 13.8 Å². The number of fused-ring (bicyclic) bond motifs is 1. The molecule has 2 nitrogen and oxygen atoms in total. The fourth-order valence-corrected chi connectivity index (χ4v) is 2.27. The summed E-state index contributed by atoms with van der Waals surface area (Å²) in [6.07, 6.45) is 4.24. The molecule has 0 spiro atoms. The summed E-state index contributed by atoms with van der Waals surface area (Å²) in [7, 11) is 0. The van der Waals surface area contributed by atoms with Gasteiger partial charge in [-0.2, -0.15) is 0 Å². The molecule has 1 aliphatic carbocycles. The van der Waals surface area contributed by atoms with Crippen molar-refractivity contribution in [2.75, 3.05) is 6.61 Å². The van der Waals surface area contributed by atoms with E-state index in [0.29, 0.717) is 6.42 Å². The molecule has 0 aliphatic heterocycles. The minimum atomic E-state index is 0.124. The second-order valence-corrected chi connectivity index (χ2v) is 5.03. The molecule has 1 aromatic rings. The molecule has 0 heterocycles. The van der Waals surface area contributed by atoms with Crippen LogP contribution >= 0.6 is 0 Å². The minimum absolute atomic E-state index is 0.124. The zero-order chi connectivity index (χ0) is 12.3. The Kier molecular flexibility index (Phi) is 3.95. The molecule has 0 radical (unpaired) electrons. The molecular formula is C15H20O2. The van der Waals surface area contributed by atoms with E-state index in [1.54, 1.807) is 0 Å². The van der Waals surface area contributed by atoms with Crippen molar-refractivity contribution in [1.29, 1.82) is 0 Å². The van der Waals surface area contributed by atoms with Crippen LogP contribution in [0.25, 0.3) is 0 Å². The van der Waals surface area contributed by atoms with Crippen molar-refractivity contribution in [3.8, 4) is 0 Å². The summed E-state index contributed by atoms with van der Waals surface area (Å²) in [6.45, 7) is 4.13. The number of Topliss-reactive ketones (excluding diaryl/α,β-unsaturated/α-hetero) is 1. The third-order valence-electron chi connectivity index (χ3n) is 3.14. The van der Waals surface area contributed by atoms with Gasteiger partial charge in [0.15, 0.2) is 5.78 Å². The fourth-order valence-electron chi connectivity index (χ4n) is 2.27. The summed E-state index contributed by atoms with van der Waals surface area (Å²) in [5, 5.41) is 0. The summed E-state index contributed by atoms with van der Waals surface area (Å²) in [5.41, 5.74) is 4.02. The van der Waals surface area contributed by atoms with Gasteiger partial charge in [-0.1, -0.05) is 18.2 Å². The van der Waals surface area contributed by atoms with Gasteiger partial charge >= 0.3 is 0 Å². The van der Waals surface area contributed by atoms with Crippen molar-refractivity contribution in [3.63, 3.8) is 0 Å². The number of ketones is 1. The van der Waals surface area contributed by atoms with E-state index in [0.717, 1.165) is 5.56 Å². The zero-order valence-electron chi connectivity index (χ0n) is 10.7. The number of rotatable bonds is 5. The van der Waals surface area contributed by atoms with Gasteiger partial charge in [-0.25, -0.2) is 0 Å². The summed E-state index contributed by atoms with van der Waals surface area (Å²) in [6, 6.07) is 6.45. The normalized spacial score (nSPS) is 14.1. The van der Waals surface area contributed by atoms with Crippen LogP contribution in [-0.4, -0.2) is 18.5 Å². The quantitative estimate of drug-likeness (QED) is 0.780. The van der Waals surface area contributed by atoms with Gasteiger partial charge in [0, 0.05) is 6.42 Å². The summed E-state index contributed by atoms with van der Waals surface area (Å²) >= 11 is 0. The van der Waals surface area contributed by atoms with Crippen LogP contribution in [0.3, 0.4) is 0 Å². The Labute approximate surface area is 103 Å². The second kappa shape index (κ2) is 5.46. The van der Waals surface area contributed by atoms with E-state index >= 15 is 0 Å². The van der Waals surface area contributed by atoms with Crippen LogP contribution in [0.15, 0.2) is 18.2 Å². The van der Waals surface area contributed by atoms with Crippen LogP contribution in [0, 0.1) is 0 Å². The molecule has 0 amide bonds. The molecule has 1 aromatic carbocycles. The first kappa shape index (κ1) is 12.3. The highest BCUT2D eigenvalue weighted by molar-refractivity contribution is 5.82. The van der Waals surface area contributed by atoms with Gasteiger partial charge < -0.3 is 4.74 Å². The molecule has 2 rings (SSSR count). The lowest BCUT2D eigenvalue weighted by molar-refractivity contribution is -0.124. The van der Waals surface area contributed by atoms with Crippen LogP contribution in [0.4, 0.5) is 0 Å². The van der Waals surface area contributed by atoms with Gasteiger partial charge in [-0.3, -0.25) is 4.79 Å². The van der Waals surface area contributed by atoms with Gasteiger partial charge in [0.05, 0.1) is 6.10 Å². The van der Waals surface area contributed by atoms with Gasteiger partial charge in [0.1, 0.15) is 6.61 Å². The number of hydrogen-bond donors (Lipinski definition) is 0. The van der Waals surface area contributed by atoms with E-state index < -0.39 is 0 Å². The van der Waals surface area contributed by atoms with Gasteiger partial charge in [0.2, 0.25) is 0 Å². The number of ether oxygens (including phenoxy) is 1. The lowest BCUT2D eigenvalue weighted by atomic mass is 10.0. The Balaban J connectivity index is 1.92. The number of benzene rings is 1. The highest BCUT2D eigenvalue weighted by Crippen LogP contribution is 2.23. The molecule has 0 aromatic heterocycles. The molecule has 0 N–H and O–H groups in total. The Hall–Kier alpha value is -1.15. The van der Waals surface area contributed by atoms with E-state index in [2.05, 4.69) is 18.2 Å². The molecule has 0 saturated carbocycles. The molecule has 2 heteroatoms. The topological polar surface area (TPSA) is 26.3 Å². The standard InChI is InChI=1S/C15H20O2/c1-11(2)17-10-15(16)9-12-6-7-13-4-3-5-14(13)8-12/h6-8,11H,3-5,9-10H2,1-2H3. The van der Waals surface area contributed by atoms with Crippen molar-refractivity contribution in [2.24, 2.45) is 0 Å². The Bertz CT molecular complexity index is 407. The van der Waals surface area contributed by atoms with Crippen molar-refractivity contribution in [3.05, 3.63) is 34.9 Å². The highest BCUT2D eigenvalue weighted by Gasteiger charge is 2.12. The molecule has 0 saturated heterocycles. The van der Waals surface area contributed by atoms with E-state index in [9.17, 15) is 4.79 Å². The monoisotopic (exact) mass is 232 g/mol. The van der Waals surface area contributed by atoms with E-state index in [-0.39, 0.29) is 18.5 Å². The Morgan fingerprint density at radius 1 is 1.29 bits per heavy atom. The van der Waals surface area contributed by atoms with Gasteiger partial charge in [0.25, 0.3) is 0 Å². The van der Waals surface area contributed by atoms with Crippen LogP contribution in [-0.2, 0) is 28.8 Å². The van der Waals surface area contributed by atoms with Crippen LogP contribution in [0.5, 0.6) is 0 Å². The van der Waals surface area contributed by atoms with E-state index in [4.69, 9.17) is 4.74 Å². The van der Waals surface area contributed by atoms with Crippen molar-refractivity contribution in [1.82, 2.24) is 0 Å². The molecule has 1 aliphatic rings. The van der Waals surface area contributed by atoms with Gasteiger partial charge in [-0.05, 0) is 49.8 Å². The number of carbonyl (C=O) groups excluding carboxylic acids is 1. The highest BCUT2D eigenvalue weighted by atomic mass is 16.5. The van der Waals surface area contributed by atoms with Crippen LogP contribution in [0.2, 0.25) is 0 Å². The van der Waals surface area contributed by atoms with Crippen molar-refractivity contribution >= 4 is 5.78 Å². The SMILES string of the molecule is CC(C)OCC(=O)Cc1ccc2c(c1)CCC2. The first-order chi connectivity index (χ1) is 8.15. The third-order valence-corrected chi connectivity index (χ3v) is 3.14. The number of hydrogen-bond acceptors (Lipinski definition) is 2. The predicted molar refractivity (Wildman–Crippen MR) is 68.3 cm³/mol. The molecule has 0 unspecified atom stereocenters. The summed E-state index contributed by atoms with van der Waals surface area (Å²) < 4.78 is 5.32. The maximum Gasteiger partial charge on any atom is 0.162 e. The molecule has 0 atom stereocenters. The maximum absolute atomic E-state index is 11.7. The maximum atomic E-state index is 11.7.